The molecule has 3 N–H and O–H groups in total. The molecule has 7 heteroatoms. The minimum Gasteiger partial charge on any atom is -0.373 e. The summed E-state index contributed by atoms with van der Waals surface area (Å²) < 4.78 is 0. The Labute approximate surface area is 141 Å². The molecule has 0 saturated carbocycles. The Morgan fingerprint density at radius 1 is 1.50 bits per heavy atom. The number of hydrogen-bond acceptors (Lipinski definition) is 5. The number of anilines is 1. The van der Waals surface area contributed by atoms with E-state index in [1.165, 1.54) is 5.56 Å². The maximum absolute atomic E-state index is 12.0. The molecular weight excluding hydrogens is 304 g/mol. The van der Waals surface area contributed by atoms with E-state index in [1.54, 1.807) is 12.3 Å². The number of aromatic nitrogens is 3. The lowest BCUT2D eigenvalue weighted by Crippen LogP contribution is -2.31. The molecule has 1 atom stereocenters. The van der Waals surface area contributed by atoms with Gasteiger partial charge < -0.3 is 10.6 Å². The van der Waals surface area contributed by atoms with Crippen LogP contribution in [-0.4, -0.2) is 52.7 Å². The molecule has 3 rings (SSSR count). The van der Waals surface area contributed by atoms with Gasteiger partial charge in [0.2, 0.25) is 0 Å². The van der Waals surface area contributed by atoms with Gasteiger partial charge >= 0.3 is 0 Å². The number of aryl methyl sites for hydroxylation is 1. The van der Waals surface area contributed by atoms with Crippen molar-refractivity contribution in [3.8, 4) is 0 Å². The molecule has 1 saturated heterocycles. The van der Waals surface area contributed by atoms with Crippen molar-refractivity contribution in [2.75, 3.05) is 32.0 Å². The predicted octanol–water partition coefficient (Wildman–Crippen LogP) is 1.41. The topological polar surface area (TPSA) is 85.9 Å². The van der Waals surface area contributed by atoms with Crippen LogP contribution in [0.4, 0.5) is 5.82 Å². The molecule has 0 aromatic carbocycles. The summed E-state index contributed by atoms with van der Waals surface area (Å²) >= 11 is 0. The number of carbonyl (C=O) groups excluding carboxylic acids is 1. The third kappa shape index (κ3) is 3.91. The molecule has 0 radical (unpaired) electrons. The maximum Gasteiger partial charge on any atom is 0.271 e. The summed E-state index contributed by atoms with van der Waals surface area (Å²) in [5.74, 6) is 1.30. The van der Waals surface area contributed by atoms with E-state index in [4.69, 9.17) is 0 Å². The van der Waals surface area contributed by atoms with E-state index >= 15 is 0 Å². The second-order valence-electron chi connectivity index (χ2n) is 6.30. The van der Waals surface area contributed by atoms with Crippen molar-refractivity contribution in [1.82, 2.24) is 25.4 Å². The summed E-state index contributed by atoms with van der Waals surface area (Å²) in [7, 11) is 1.89. The van der Waals surface area contributed by atoms with Crippen LogP contribution in [0.15, 0.2) is 24.4 Å². The quantitative estimate of drug-likeness (QED) is 0.746. The van der Waals surface area contributed by atoms with Crippen LogP contribution in [0.3, 0.4) is 0 Å². The number of amides is 1. The molecule has 0 spiro atoms. The van der Waals surface area contributed by atoms with Crippen molar-refractivity contribution in [1.29, 1.82) is 0 Å². The zero-order chi connectivity index (χ0) is 16.9. The summed E-state index contributed by atoms with van der Waals surface area (Å²) in [4.78, 5) is 18.8. The van der Waals surface area contributed by atoms with Gasteiger partial charge in [-0.15, -0.1) is 0 Å². The monoisotopic (exact) mass is 328 g/mol. The van der Waals surface area contributed by atoms with E-state index in [0.717, 1.165) is 37.6 Å². The zero-order valence-electron chi connectivity index (χ0n) is 14.2. The van der Waals surface area contributed by atoms with Crippen molar-refractivity contribution >= 4 is 11.7 Å². The van der Waals surface area contributed by atoms with E-state index in [9.17, 15) is 4.79 Å². The Bertz CT molecular complexity index is 698. The van der Waals surface area contributed by atoms with Crippen LogP contribution in [0.25, 0.3) is 0 Å². The number of nitrogens with zero attached hydrogens (tertiary/aromatic N) is 3. The lowest BCUT2D eigenvalue weighted by molar-refractivity contribution is 0.0942. The van der Waals surface area contributed by atoms with Crippen molar-refractivity contribution in [2.45, 2.75) is 19.9 Å². The van der Waals surface area contributed by atoms with Gasteiger partial charge in [0.15, 0.2) is 0 Å². The number of nitrogens with one attached hydrogen (secondary N) is 3. The van der Waals surface area contributed by atoms with Gasteiger partial charge in [-0.1, -0.05) is 6.07 Å². The maximum atomic E-state index is 12.0. The standard InChI is InChI=1S/C17H24N6O/c1-12-8-15(22-21-12)17(24)20-9-13-5-7-23(10-13)11-14-4-3-6-19-16(14)18-2/h3-4,6,8,13H,5,7,9-11H2,1-2H3,(H,18,19)(H,20,24)(H,21,22)/t13-/m1/s1. The van der Waals surface area contributed by atoms with E-state index < -0.39 is 0 Å². The van der Waals surface area contributed by atoms with E-state index in [-0.39, 0.29) is 5.91 Å². The van der Waals surface area contributed by atoms with E-state index in [0.29, 0.717) is 18.2 Å². The third-order valence-electron chi connectivity index (χ3n) is 4.38. The smallest absolute Gasteiger partial charge is 0.271 e. The van der Waals surface area contributed by atoms with Gasteiger partial charge in [-0.25, -0.2) is 4.98 Å². The van der Waals surface area contributed by atoms with Crippen LogP contribution in [0, 0.1) is 12.8 Å². The van der Waals surface area contributed by atoms with Gasteiger partial charge in [-0.05, 0) is 37.9 Å². The highest BCUT2D eigenvalue weighted by Gasteiger charge is 2.24. The first-order valence-corrected chi connectivity index (χ1v) is 8.30. The molecule has 0 bridgehead atoms. The van der Waals surface area contributed by atoms with E-state index in [1.807, 2.05) is 20.0 Å². The first-order chi connectivity index (χ1) is 11.7. The molecular formula is C17H24N6O. The normalized spacial score (nSPS) is 17.8. The second-order valence-corrected chi connectivity index (χ2v) is 6.30. The minimum atomic E-state index is -0.109. The number of likely N-dealkylation sites (tertiary alicyclic amines) is 1. The molecule has 0 aliphatic carbocycles. The van der Waals surface area contributed by atoms with Crippen LogP contribution in [0.1, 0.15) is 28.2 Å². The predicted molar refractivity (Wildman–Crippen MR) is 92.8 cm³/mol. The Hall–Kier alpha value is -2.41. The second kappa shape index (κ2) is 7.44. The SMILES string of the molecule is CNc1ncccc1CN1CC[C@H](CNC(=O)c2cc(C)[nH]n2)C1. The molecule has 24 heavy (non-hydrogen) atoms. The fourth-order valence-corrected chi connectivity index (χ4v) is 3.12. The lowest BCUT2D eigenvalue weighted by Gasteiger charge is -2.18. The van der Waals surface area contributed by atoms with Crippen LogP contribution in [-0.2, 0) is 6.54 Å². The van der Waals surface area contributed by atoms with Gasteiger partial charge in [0.05, 0.1) is 0 Å². The third-order valence-corrected chi connectivity index (χ3v) is 4.38. The van der Waals surface area contributed by atoms with E-state index in [2.05, 4.69) is 36.8 Å². The largest absolute Gasteiger partial charge is 0.373 e. The fraction of sp³-hybridized carbons (Fsp3) is 0.471. The average Bonchev–Trinajstić information content (AvgIpc) is 3.22. The van der Waals surface area contributed by atoms with Crippen molar-refractivity contribution < 1.29 is 4.79 Å². The Morgan fingerprint density at radius 3 is 3.12 bits per heavy atom. The average molecular weight is 328 g/mol. The fourth-order valence-electron chi connectivity index (χ4n) is 3.12. The van der Waals surface area contributed by atoms with Gasteiger partial charge in [0, 0.05) is 44.1 Å². The molecule has 2 aromatic rings. The summed E-state index contributed by atoms with van der Waals surface area (Å²) in [6.07, 6.45) is 2.89. The summed E-state index contributed by atoms with van der Waals surface area (Å²) in [5.41, 5.74) is 2.55. The van der Waals surface area contributed by atoms with Crippen molar-refractivity contribution in [3.05, 3.63) is 41.3 Å². The van der Waals surface area contributed by atoms with Crippen LogP contribution >= 0.6 is 0 Å². The number of rotatable bonds is 6. The minimum absolute atomic E-state index is 0.109. The Morgan fingerprint density at radius 2 is 2.38 bits per heavy atom. The Kier molecular flexibility index (Phi) is 5.10. The molecule has 1 amide bonds. The molecule has 128 valence electrons. The van der Waals surface area contributed by atoms with Crippen LogP contribution in [0.2, 0.25) is 0 Å². The van der Waals surface area contributed by atoms with Crippen molar-refractivity contribution in [3.63, 3.8) is 0 Å². The van der Waals surface area contributed by atoms with Crippen molar-refractivity contribution in [2.24, 2.45) is 5.92 Å². The Balaban J connectivity index is 1.48. The summed E-state index contributed by atoms with van der Waals surface area (Å²) in [5, 5.41) is 12.9. The number of aromatic amines is 1. The lowest BCUT2D eigenvalue weighted by atomic mass is 10.1. The van der Waals surface area contributed by atoms with Crippen LogP contribution in [0.5, 0.6) is 0 Å². The highest BCUT2D eigenvalue weighted by molar-refractivity contribution is 5.92. The molecule has 1 fully saturated rings. The zero-order valence-corrected chi connectivity index (χ0v) is 14.2. The molecule has 1 aliphatic heterocycles. The summed E-state index contributed by atoms with van der Waals surface area (Å²) in [6, 6.07) is 5.83. The van der Waals surface area contributed by atoms with Gasteiger partial charge in [0.1, 0.15) is 11.5 Å². The number of hydrogen-bond donors (Lipinski definition) is 3. The van der Waals surface area contributed by atoms with Gasteiger partial charge in [-0.3, -0.25) is 14.8 Å². The number of H-pyrrole nitrogens is 1. The first-order valence-electron chi connectivity index (χ1n) is 8.30. The van der Waals surface area contributed by atoms with Crippen LogP contribution < -0.4 is 10.6 Å². The molecule has 7 nitrogen and oxygen atoms in total. The molecule has 0 unspecified atom stereocenters. The van der Waals surface area contributed by atoms with Gasteiger partial charge in [-0.2, -0.15) is 5.10 Å². The molecule has 1 aliphatic rings. The number of pyridine rings is 1. The first kappa shape index (κ1) is 16.4. The highest BCUT2D eigenvalue weighted by atomic mass is 16.1. The van der Waals surface area contributed by atoms with Gasteiger partial charge in [0.25, 0.3) is 5.91 Å². The highest BCUT2D eigenvalue weighted by Crippen LogP contribution is 2.20. The number of carbonyl (C=O) groups is 1. The summed E-state index contributed by atoms with van der Waals surface area (Å²) in [6.45, 7) is 5.48. The molecule has 2 aromatic heterocycles. The molecule has 3 heterocycles.